The van der Waals surface area contributed by atoms with Crippen LogP contribution >= 0.6 is 0 Å². The van der Waals surface area contributed by atoms with Crippen LogP contribution in [0.25, 0.3) is 22.0 Å². The Kier molecular flexibility index (Phi) is 6.77. The van der Waals surface area contributed by atoms with E-state index in [4.69, 9.17) is 9.26 Å². The molecular weight excluding hydrogens is 412 g/mol. The molecule has 168 valence electrons. The molecule has 3 rings (SSSR count). The zero-order valence-electron chi connectivity index (χ0n) is 18.3. The Morgan fingerprint density at radius 2 is 2.06 bits per heavy atom. The second kappa shape index (κ2) is 9.51. The largest absolute Gasteiger partial charge is 0.465 e. The van der Waals surface area contributed by atoms with Crippen molar-refractivity contribution in [3.05, 3.63) is 54.9 Å². The highest BCUT2D eigenvalue weighted by molar-refractivity contribution is 5.89. The summed E-state index contributed by atoms with van der Waals surface area (Å²) >= 11 is 0. The number of carbonyl (C=O) groups is 2. The first-order valence-corrected chi connectivity index (χ1v) is 10.1. The van der Waals surface area contributed by atoms with Crippen molar-refractivity contribution in [3.8, 4) is 11.3 Å². The van der Waals surface area contributed by atoms with Crippen LogP contribution in [0.1, 0.15) is 26.3 Å². The lowest BCUT2D eigenvalue weighted by Gasteiger charge is -2.20. The molecule has 0 radical (unpaired) electrons. The number of rotatable bonds is 7. The number of amides is 2. The summed E-state index contributed by atoms with van der Waals surface area (Å²) in [5.41, 5.74) is 1.19. The van der Waals surface area contributed by atoms with Gasteiger partial charge in [0.25, 0.3) is 0 Å². The van der Waals surface area contributed by atoms with E-state index in [2.05, 4.69) is 22.0 Å². The molecule has 0 aliphatic carbocycles. The van der Waals surface area contributed by atoms with Gasteiger partial charge in [0.1, 0.15) is 11.3 Å². The molecule has 0 aliphatic rings. The van der Waals surface area contributed by atoms with Gasteiger partial charge in [0.2, 0.25) is 5.88 Å². The molecule has 0 fully saturated rings. The quantitative estimate of drug-likeness (QED) is 0.517. The van der Waals surface area contributed by atoms with Crippen LogP contribution in [0.4, 0.5) is 15.5 Å². The lowest BCUT2D eigenvalue weighted by molar-refractivity contribution is 0.0528. The number of aromatic nitrogens is 2. The van der Waals surface area contributed by atoms with E-state index in [-0.39, 0.29) is 25.4 Å². The van der Waals surface area contributed by atoms with Crippen molar-refractivity contribution in [1.29, 1.82) is 0 Å². The van der Waals surface area contributed by atoms with Gasteiger partial charge >= 0.3 is 12.2 Å². The van der Waals surface area contributed by atoms with Crippen molar-refractivity contribution in [2.75, 3.05) is 18.0 Å². The van der Waals surface area contributed by atoms with Crippen molar-refractivity contribution in [3.63, 3.8) is 0 Å². The molecule has 0 bridgehead atoms. The van der Waals surface area contributed by atoms with E-state index in [1.807, 2.05) is 24.3 Å². The van der Waals surface area contributed by atoms with Gasteiger partial charge in [-0.25, -0.2) is 14.5 Å². The van der Waals surface area contributed by atoms with E-state index in [9.17, 15) is 14.7 Å². The Balaban J connectivity index is 1.94. The van der Waals surface area contributed by atoms with E-state index < -0.39 is 17.8 Å². The van der Waals surface area contributed by atoms with Gasteiger partial charge in [-0.15, -0.1) is 6.58 Å². The smallest absolute Gasteiger partial charge is 0.414 e. The second-order valence-corrected chi connectivity index (χ2v) is 8.11. The number of carbonyl (C=O) groups excluding carboxylic acids is 1. The van der Waals surface area contributed by atoms with Crippen molar-refractivity contribution < 1.29 is 24.0 Å². The predicted octanol–water partition coefficient (Wildman–Crippen LogP) is 4.63. The Hall–Kier alpha value is -3.88. The molecule has 2 N–H and O–H groups in total. The summed E-state index contributed by atoms with van der Waals surface area (Å²) in [6, 6.07) is 7.59. The number of nitrogens with zero attached hydrogens (tertiary/aromatic N) is 3. The van der Waals surface area contributed by atoms with Crippen LogP contribution in [-0.4, -0.2) is 46.1 Å². The fourth-order valence-electron chi connectivity index (χ4n) is 3.18. The first-order chi connectivity index (χ1) is 15.2. The Bertz CT molecular complexity index is 1130. The van der Waals surface area contributed by atoms with Gasteiger partial charge in [-0.05, 0) is 44.7 Å². The topological polar surface area (TPSA) is 118 Å². The standard InChI is InChI=1S/C23H26N4O5/c1-5-12-27(22(29)30)20-18(9-11-25-21(28)31-23(2,3)4)19(26-32-20)16-6-7-17-14-24-10-8-15(17)13-16/h5-8,10,13-14H,1,9,11-12H2,2-4H3,(H,25,28)(H,29,30). The van der Waals surface area contributed by atoms with Gasteiger partial charge in [-0.1, -0.05) is 23.4 Å². The third kappa shape index (κ3) is 5.42. The molecule has 32 heavy (non-hydrogen) atoms. The molecule has 1 aromatic carbocycles. The summed E-state index contributed by atoms with van der Waals surface area (Å²) in [4.78, 5) is 29.0. The summed E-state index contributed by atoms with van der Waals surface area (Å²) in [7, 11) is 0. The van der Waals surface area contributed by atoms with Gasteiger partial charge in [0.15, 0.2) is 0 Å². The Labute approximate surface area is 185 Å². The summed E-state index contributed by atoms with van der Waals surface area (Å²) in [5.74, 6) is 0.0909. The maximum Gasteiger partial charge on any atom is 0.414 e. The highest BCUT2D eigenvalue weighted by Gasteiger charge is 2.26. The summed E-state index contributed by atoms with van der Waals surface area (Å²) in [6.07, 6.45) is 3.44. The van der Waals surface area contributed by atoms with E-state index in [1.165, 1.54) is 6.08 Å². The first-order valence-electron chi connectivity index (χ1n) is 10.1. The summed E-state index contributed by atoms with van der Waals surface area (Å²) in [5, 5.41) is 18.4. The lowest BCUT2D eigenvalue weighted by Crippen LogP contribution is -2.34. The van der Waals surface area contributed by atoms with Crippen molar-refractivity contribution in [2.45, 2.75) is 32.8 Å². The Morgan fingerprint density at radius 1 is 1.28 bits per heavy atom. The number of pyridine rings is 1. The number of hydrogen-bond acceptors (Lipinski definition) is 6. The van der Waals surface area contributed by atoms with Gasteiger partial charge in [0.05, 0.1) is 6.54 Å². The summed E-state index contributed by atoms with van der Waals surface area (Å²) < 4.78 is 10.7. The first kappa shape index (κ1) is 22.8. The minimum atomic E-state index is -1.20. The van der Waals surface area contributed by atoms with Gasteiger partial charge in [-0.2, -0.15) is 0 Å². The second-order valence-electron chi connectivity index (χ2n) is 8.11. The summed E-state index contributed by atoms with van der Waals surface area (Å²) in [6.45, 7) is 9.17. The number of benzene rings is 1. The number of alkyl carbamates (subject to hydrolysis) is 1. The van der Waals surface area contributed by atoms with Crippen molar-refractivity contribution in [2.24, 2.45) is 0 Å². The lowest BCUT2D eigenvalue weighted by atomic mass is 10.0. The fourth-order valence-corrected chi connectivity index (χ4v) is 3.18. The number of nitrogens with one attached hydrogen (secondary N) is 1. The molecule has 2 aromatic heterocycles. The van der Waals surface area contributed by atoms with Crippen molar-refractivity contribution >= 4 is 28.8 Å². The molecular formula is C23H26N4O5. The normalized spacial score (nSPS) is 11.2. The number of anilines is 1. The zero-order valence-corrected chi connectivity index (χ0v) is 18.3. The zero-order chi connectivity index (χ0) is 23.3. The van der Waals surface area contributed by atoms with Crippen LogP contribution in [-0.2, 0) is 11.2 Å². The molecule has 9 heteroatoms. The predicted molar refractivity (Wildman–Crippen MR) is 121 cm³/mol. The monoisotopic (exact) mass is 438 g/mol. The van der Waals surface area contributed by atoms with Gasteiger partial charge in [-0.3, -0.25) is 4.98 Å². The van der Waals surface area contributed by atoms with E-state index >= 15 is 0 Å². The van der Waals surface area contributed by atoms with Crippen LogP contribution in [0.2, 0.25) is 0 Å². The maximum absolute atomic E-state index is 12.0. The van der Waals surface area contributed by atoms with Crippen LogP contribution in [0, 0.1) is 0 Å². The molecule has 0 spiro atoms. The SMILES string of the molecule is C=CCN(C(=O)O)c1onc(-c2ccc3cnccc3c2)c1CCNC(=O)OC(C)(C)C. The van der Waals surface area contributed by atoms with Crippen LogP contribution < -0.4 is 10.2 Å². The Morgan fingerprint density at radius 3 is 2.75 bits per heavy atom. The highest BCUT2D eigenvalue weighted by Crippen LogP contribution is 2.33. The van der Waals surface area contributed by atoms with Crippen molar-refractivity contribution in [1.82, 2.24) is 15.5 Å². The number of carboxylic acid groups (broad SMARTS) is 1. The van der Waals surface area contributed by atoms with E-state index in [1.54, 1.807) is 33.2 Å². The number of ether oxygens (including phenoxy) is 1. The molecule has 3 aromatic rings. The minimum absolute atomic E-state index is 0.0276. The molecule has 2 heterocycles. The fraction of sp³-hybridized carbons (Fsp3) is 0.304. The van der Waals surface area contributed by atoms with E-state index in [0.29, 0.717) is 11.3 Å². The number of hydrogen-bond donors (Lipinski definition) is 2. The molecule has 0 aliphatic heterocycles. The molecule has 0 saturated heterocycles. The molecule has 0 atom stereocenters. The average molecular weight is 438 g/mol. The van der Waals surface area contributed by atoms with Crippen LogP contribution in [0.15, 0.2) is 53.8 Å². The number of fused-ring (bicyclic) bond motifs is 1. The third-order valence-corrected chi connectivity index (χ3v) is 4.51. The average Bonchev–Trinajstić information content (AvgIpc) is 3.13. The maximum atomic E-state index is 12.0. The van der Waals surface area contributed by atoms with Gasteiger partial charge in [0, 0.05) is 35.5 Å². The van der Waals surface area contributed by atoms with Crippen LogP contribution in [0.5, 0.6) is 0 Å². The minimum Gasteiger partial charge on any atom is -0.465 e. The molecule has 0 saturated carbocycles. The molecule has 9 nitrogen and oxygen atoms in total. The van der Waals surface area contributed by atoms with Gasteiger partial charge < -0.3 is 19.7 Å². The van der Waals surface area contributed by atoms with E-state index in [0.717, 1.165) is 21.2 Å². The highest BCUT2D eigenvalue weighted by atomic mass is 16.6. The molecule has 2 amide bonds. The third-order valence-electron chi connectivity index (χ3n) is 4.51. The van der Waals surface area contributed by atoms with Crippen LogP contribution in [0.3, 0.4) is 0 Å². The molecule has 0 unspecified atom stereocenters.